The molecule has 1 aliphatic heterocycles. The smallest absolute Gasteiger partial charge is 0.323 e. The molecular formula is C10H19NO2. The molecule has 0 spiro atoms. The van der Waals surface area contributed by atoms with Crippen LogP contribution in [0.2, 0.25) is 0 Å². The molecule has 13 heavy (non-hydrogen) atoms. The first-order chi connectivity index (χ1) is 6.29. The highest BCUT2D eigenvalue weighted by Gasteiger charge is 2.30. The second kappa shape index (κ2) is 5.22. The number of carbonyl (C=O) groups excluding carboxylic acids is 1. The molecular weight excluding hydrogens is 166 g/mol. The summed E-state index contributed by atoms with van der Waals surface area (Å²) in [6.45, 7) is 6.56. The second-order valence-electron chi connectivity index (χ2n) is 3.45. The van der Waals surface area contributed by atoms with Crippen LogP contribution in [0.5, 0.6) is 0 Å². The summed E-state index contributed by atoms with van der Waals surface area (Å²) < 4.78 is 5.02. The van der Waals surface area contributed by atoms with E-state index in [1.807, 2.05) is 6.92 Å². The summed E-state index contributed by atoms with van der Waals surface area (Å²) in [7, 11) is 0. The van der Waals surface area contributed by atoms with Gasteiger partial charge in [-0.2, -0.15) is 0 Å². The van der Waals surface area contributed by atoms with Crippen molar-refractivity contribution in [1.82, 2.24) is 4.90 Å². The summed E-state index contributed by atoms with van der Waals surface area (Å²) in [4.78, 5) is 13.7. The number of esters is 1. The van der Waals surface area contributed by atoms with E-state index in [4.69, 9.17) is 4.74 Å². The van der Waals surface area contributed by atoms with Crippen molar-refractivity contribution in [1.29, 1.82) is 0 Å². The molecule has 0 N–H and O–H groups in total. The highest BCUT2D eigenvalue weighted by molar-refractivity contribution is 5.76. The summed E-state index contributed by atoms with van der Waals surface area (Å²) in [5, 5.41) is 0. The van der Waals surface area contributed by atoms with Crippen molar-refractivity contribution in [2.75, 3.05) is 19.7 Å². The molecule has 0 saturated carbocycles. The molecule has 1 atom stereocenters. The summed E-state index contributed by atoms with van der Waals surface area (Å²) in [6, 6.07) is 0.0416. The molecule has 0 aromatic rings. The molecule has 1 heterocycles. The van der Waals surface area contributed by atoms with Crippen molar-refractivity contribution in [2.24, 2.45) is 0 Å². The first-order valence-corrected chi connectivity index (χ1v) is 5.20. The van der Waals surface area contributed by atoms with E-state index in [9.17, 15) is 4.79 Å². The minimum atomic E-state index is -0.0338. The fourth-order valence-electron chi connectivity index (χ4n) is 1.89. The van der Waals surface area contributed by atoms with Crippen molar-refractivity contribution < 1.29 is 9.53 Å². The summed E-state index contributed by atoms with van der Waals surface area (Å²) in [6.07, 6.45) is 3.21. The van der Waals surface area contributed by atoms with E-state index in [0.717, 1.165) is 32.4 Å². The van der Waals surface area contributed by atoms with E-state index in [1.165, 1.54) is 0 Å². The average molecular weight is 185 g/mol. The minimum absolute atomic E-state index is 0.0338. The van der Waals surface area contributed by atoms with E-state index < -0.39 is 0 Å². The third kappa shape index (κ3) is 2.69. The van der Waals surface area contributed by atoms with Gasteiger partial charge in [0, 0.05) is 0 Å². The van der Waals surface area contributed by atoms with Crippen LogP contribution in [0.4, 0.5) is 0 Å². The third-order valence-corrected chi connectivity index (χ3v) is 2.43. The lowest BCUT2D eigenvalue weighted by Crippen LogP contribution is -2.37. The number of hydrogen-bond donors (Lipinski definition) is 0. The Morgan fingerprint density at radius 3 is 2.92 bits per heavy atom. The Morgan fingerprint density at radius 1 is 1.54 bits per heavy atom. The van der Waals surface area contributed by atoms with Crippen LogP contribution >= 0.6 is 0 Å². The lowest BCUT2D eigenvalue weighted by Gasteiger charge is -2.21. The Morgan fingerprint density at radius 2 is 2.31 bits per heavy atom. The molecule has 0 aromatic heterocycles. The van der Waals surface area contributed by atoms with Gasteiger partial charge in [-0.3, -0.25) is 9.69 Å². The van der Waals surface area contributed by atoms with Crippen LogP contribution in [-0.4, -0.2) is 36.6 Å². The van der Waals surface area contributed by atoms with Gasteiger partial charge in [-0.1, -0.05) is 6.92 Å². The molecule has 1 aliphatic rings. The Bertz CT molecular complexity index is 170. The maximum atomic E-state index is 11.5. The fourth-order valence-corrected chi connectivity index (χ4v) is 1.89. The quantitative estimate of drug-likeness (QED) is 0.620. The number of carbonyl (C=O) groups is 1. The van der Waals surface area contributed by atoms with Crippen LogP contribution < -0.4 is 0 Å². The van der Waals surface area contributed by atoms with Gasteiger partial charge in [0.1, 0.15) is 6.04 Å². The number of ether oxygens (including phenoxy) is 1. The molecule has 1 rings (SSSR count). The number of hydrogen-bond acceptors (Lipinski definition) is 3. The van der Waals surface area contributed by atoms with Crippen molar-refractivity contribution in [2.45, 2.75) is 39.2 Å². The van der Waals surface area contributed by atoms with Crippen LogP contribution in [0.3, 0.4) is 0 Å². The molecule has 3 nitrogen and oxygen atoms in total. The van der Waals surface area contributed by atoms with Gasteiger partial charge >= 0.3 is 5.97 Å². The topological polar surface area (TPSA) is 29.5 Å². The van der Waals surface area contributed by atoms with E-state index in [0.29, 0.717) is 6.61 Å². The molecule has 0 aromatic carbocycles. The predicted octanol–water partition coefficient (Wildman–Crippen LogP) is 1.42. The van der Waals surface area contributed by atoms with Gasteiger partial charge in [0.05, 0.1) is 6.61 Å². The minimum Gasteiger partial charge on any atom is -0.465 e. The summed E-state index contributed by atoms with van der Waals surface area (Å²) >= 11 is 0. The number of likely N-dealkylation sites (tertiary alicyclic amines) is 1. The zero-order valence-corrected chi connectivity index (χ0v) is 8.58. The zero-order valence-electron chi connectivity index (χ0n) is 8.58. The Labute approximate surface area is 80.1 Å². The van der Waals surface area contributed by atoms with Crippen LogP contribution in [0.1, 0.15) is 33.1 Å². The Kier molecular flexibility index (Phi) is 4.22. The molecule has 0 bridgehead atoms. The molecule has 0 aliphatic carbocycles. The van der Waals surface area contributed by atoms with Crippen molar-refractivity contribution in [3.05, 3.63) is 0 Å². The SMILES string of the molecule is CCCN1CCCC1C(=O)OCC. The largest absolute Gasteiger partial charge is 0.465 e. The maximum absolute atomic E-state index is 11.5. The highest BCUT2D eigenvalue weighted by atomic mass is 16.5. The molecule has 1 saturated heterocycles. The van der Waals surface area contributed by atoms with Gasteiger partial charge in [0.2, 0.25) is 0 Å². The molecule has 1 unspecified atom stereocenters. The molecule has 0 radical (unpaired) electrons. The first-order valence-electron chi connectivity index (χ1n) is 5.20. The predicted molar refractivity (Wildman–Crippen MR) is 51.5 cm³/mol. The lowest BCUT2D eigenvalue weighted by atomic mass is 10.2. The molecule has 3 heteroatoms. The van der Waals surface area contributed by atoms with Gasteiger partial charge in [-0.15, -0.1) is 0 Å². The highest BCUT2D eigenvalue weighted by Crippen LogP contribution is 2.18. The van der Waals surface area contributed by atoms with Crippen LogP contribution in [0, 0.1) is 0 Å². The zero-order chi connectivity index (χ0) is 9.68. The second-order valence-corrected chi connectivity index (χ2v) is 3.45. The fraction of sp³-hybridized carbons (Fsp3) is 0.900. The Hall–Kier alpha value is -0.570. The standard InChI is InChI=1S/C10H19NO2/c1-3-7-11-8-5-6-9(11)10(12)13-4-2/h9H,3-8H2,1-2H3. The van der Waals surface area contributed by atoms with E-state index in [1.54, 1.807) is 0 Å². The van der Waals surface area contributed by atoms with E-state index >= 15 is 0 Å². The lowest BCUT2D eigenvalue weighted by molar-refractivity contribution is -0.148. The van der Waals surface area contributed by atoms with Crippen LogP contribution in [-0.2, 0) is 9.53 Å². The van der Waals surface area contributed by atoms with Crippen molar-refractivity contribution in [3.8, 4) is 0 Å². The summed E-state index contributed by atoms with van der Waals surface area (Å²) in [5.74, 6) is -0.0338. The van der Waals surface area contributed by atoms with Gasteiger partial charge in [0.25, 0.3) is 0 Å². The normalized spacial score (nSPS) is 23.4. The van der Waals surface area contributed by atoms with E-state index in [-0.39, 0.29) is 12.0 Å². The number of nitrogens with zero attached hydrogens (tertiary/aromatic N) is 1. The average Bonchev–Trinajstić information content (AvgIpc) is 2.54. The molecule has 0 amide bonds. The van der Waals surface area contributed by atoms with Gasteiger partial charge in [-0.05, 0) is 39.3 Å². The monoisotopic (exact) mass is 185 g/mol. The van der Waals surface area contributed by atoms with E-state index in [2.05, 4.69) is 11.8 Å². The number of rotatable bonds is 4. The van der Waals surface area contributed by atoms with Crippen molar-refractivity contribution in [3.63, 3.8) is 0 Å². The third-order valence-electron chi connectivity index (χ3n) is 2.43. The van der Waals surface area contributed by atoms with Gasteiger partial charge < -0.3 is 4.74 Å². The summed E-state index contributed by atoms with van der Waals surface area (Å²) in [5.41, 5.74) is 0. The van der Waals surface area contributed by atoms with Crippen LogP contribution in [0.25, 0.3) is 0 Å². The molecule has 76 valence electrons. The van der Waals surface area contributed by atoms with Gasteiger partial charge in [0.15, 0.2) is 0 Å². The van der Waals surface area contributed by atoms with Gasteiger partial charge in [-0.25, -0.2) is 0 Å². The first kappa shape index (κ1) is 10.5. The Balaban J connectivity index is 2.42. The van der Waals surface area contributed by atoms with Crippen LogP contribution in [0.15, 0.2) is 0 Å². The molecule has 1 fully saturated rings. The maximum Gasteiger partial charge on any atom is 0.323 e. The van der Waals surface area contributed by atoms with Crippen molar-refractivity contribution >= 4 is 5.97 Å².